The van der Waals surface area contributed by atoms with E-state index in [1.54, 1.807) is 6.92 Å². The number of hydrogen-bond acceptors (Lipinski definition) is 8. The van der Waals surface area contributed by atoms with Crippen LogP contribution in [0.5, 0.6) is 0 Å². The summed E-state index contributed by atoms with van der Waals surface area (Å²) in [6.45, 7) is 6.16. The Bertz CT molecular complexity index is 1030. The van der Waals surface area contributed by atoms with Crippen LogP contribution >= 0.6 is 11.6 Å². The Morgan fingerprint density at radius 1 is 1.18 bits per heavy atom. The van der Waals surface area contributed by atoms with E-state index in [1.165, 1.54) is 4.90 Å². The average molecular weight is 562 g/mol. The third-order valence-corrected chi connectivity index (χ3v) is 7.24. The number of piperidine rings is 1. The van der Waals surface area contributed by atoms with Crippen LogP contribution in [0.15, 0.2) is 11.6 Å². The zero-order valence-electron chi connectivity index (χ0n) is 21.6. The molecule has 38 heavy (non-hydrogen) atoms. The summed E-state index contributed by atoms with van der Waals surface area (Å²) in [6, 6.07) is 0.353. The van der Waals surface area contributed by atoms with Gasteiger partial charge in [0.2, 0.25) is 5.91 Å². The molecule has 2 fully saturated rings. The first-order valence-corrected chi connectivity index (χ1v) is 13.2. The first-order chi connectivity index (χ1) is 18.0. The number of carbonyl (C=O) groups excluding carboxylic acids is 2. The summed E-state index contributed by atoms with van der Waals surface area (Å²) in [6.07, 6.45) is -2.18. The lowest BCUT2D eigenvalue weighted by Crippen LogP contribution is -2.59. The van der Waals surface area contributed by atoms with Crippen LogP contribution in [0.2, 0.25) is 5.15 Å². The van der Waals surface area contributed by atoms with E-state index in [2.05, 4.69) is 27.1 Å². The molecule has 1 aromatic heterocycles. The molecular weight excluding hydrogens is 527 g/mol. The van der Waals surface area contributed by atoms with Gasteiger partial charge in [-0.25, -0.2) is 9.97 Å². The number of hydrogen-bond donors (Lipinski definition) is 3. The van der Waals surface area contributed by atoms with E-state index in [4.69, 9.17) is 22.4 Å². The number of rotatable bonds is 8. The fourth-order valence-corrected chi connectivity index (χ4v) is 5.31. The van der Waals surface area contributed by atoms with Crippen molar-refractivity contribution in [3.63, 3.8) is 0 Å². The van der Waals surface area contributed by atoms with Gasteiger partial charge in [-0.05, 0) is 25.7 Å². The SMILES string of the molecule is CC/C(=C/C(F)(F)F)C(=O)N1CCC(N2CCN(c3nc(N)c(C(=O)NCCO)nc3Cl)CC2CC)CC1. The predicted octanol–water partition coefficient (Wildman–Crippen LogP) is 2.22. The monoisotopic (exact) mass is 561 g/mol. The van der Waals surface area contributed by atoms with Crippen LogP contribution in [0.4, 0.5) is 24.8 Å². The number of anilines is 2. The average Bonchev–Trinajstić information content (AvgIpc) is 2.90. The molecule has 10 nitrogen and oxygen atoms in total. The largest absolute Gasteiger partial charge is 0.410 e. The number of nitrogen functional groups attached to an aromatic ring is 1. The number of alkyl halides is 3. The molecule has 2 saturated heterocycles. The fourth-order valence-electron chi connectivity index (χ4n) is 5.06. The number of allylic oxidation sites excluding steroid dienone is 1. The smallest absolute Gasteiger partial charge is 0.395 e. The number of aliphatic hydroxyl groups excluding tert-OH is 1. The molecule has 0 bridgehead atoms. The predicted molar refractivity (Wildman–Crippen MR) is 138 cm³/mol. The molecule has 14 heteroatoms. The van der Waals surface area contributed by atoms with E-state index in [9.17, 15) is 22.8 Å². The van der Waals surface area contributed by atoms with Crippen LogP contribution < -0.4 is 16.0 Å². The number of halogens is 4. The van der Waals surface area contributed by atoms with Crippen molar-refractivity contribution in [3.05, 3.63) is 22.5 Å². The normalized spacial score (nSPS) is 20.1. The van der Waals surface area contributed by atoms with Crippen LogP contribution in [-0.4, -0.2) is 101 Å². The number of nitrogens with two attached hydrogens (primary N) is 1. The van der Waals surface area contributed by atoms with Gasteiger partial charge in [-0.3, -0.25) is 14.5 Å². The van der Waals surface area contributed by atoms with Crippen molar-refractivity contribution in [1.82, 2.24) is 25.1 Å². The number of carbonyl (C=O) groups is 2. The summed E-state index contributed by atoms with van der Waals surface area (Å²) in [7, 11) is 0. The summed E-state index contributed by atoms with van der Waals surface area (Å²) in [5.41, 5.74) is 5.67. The lowest BCUT2D eigenvalue weighted by molar-refractivity contribution is -0.130. The van der Waals surface area contributed by atoms with Gasteiger partial charge in [0, 0.05) is 63.0 Å². The van der Waals surface area contributed by atoms with Crippen molar-refractivity contribution in [1.29, 1.82) is 0 Å². The molecule has 4 N–H and O–H groups in total. The van der Waals surface area contributed by atoms with Gasteiger partial charge >= 0.3 is 6.18 Å². The quantitative estimate of drug-likeness (QED) is 0.412. The molecule has 0 aromatic carbocycles. The van der Waals surface area contributed by atoms with Crippen molar-refractivity contribution in [2.45, 2.75) is 57.8 Å². The number of likely N-dealkylation sites (tertiary alicyclic amines) is 1. The molecule has 0 aliphatic carbocycles. The van der Waals surface area contributed by atoms with Crippen LogP contribution in [0, 0.1) is 0 Å². The van der Waals surface area contributed by atoms with E-state index in [0.29, 0.717) is 51.4 Å². The van der Waals surface area contributed by atoms with E-state index in [-0.39, 0.29) is 60.0 Å². The van der Waals surface area contributed by atoms with Crippen LogP contribution in [0.25, 0.3) is 0 Å². The Morgan fingerprint density at radius 2 is 1.87 bits per heavy atom. The summed E-state index contributed by atoms with van der Waals surface area (Å²) in [5, 5.41) is 11.4. The van der Waals surface area contributed by atoms with Gasteiger partial charge in [-0.15, -0.1) is 0 Å². The van der Waals surface area contributed by atoms with Crippen molar-refractivity contribution in [3.8, 4) is 0 Å². The van der Waals surface area contributed by atoms with Gasteiger partial charge in [0.1, 0.15) is 0 Å². The Labute approximate surface area is 225 Å². The van der Waals surface area contributed by atoms with Crippen molar-refractivity contribution in [2.75, 3.05) is 56.5 Å². The van der Waals surface area contributed by atoms with E-state index in [1.807, 2.05) is 4.90 Å². The van der Waals surface area contributed by atoms with Crippen molar-refractivity contribution >= 4 is 35.1 Å². The maximum atomic E-state index is 12.8. The van der Waals surface area contributed by atoms with Crippen LogP contribution in [0.3, 0.4) is 0 Å². The summed E-state index contributed by atoms with van der Waals surface area (Å²) in [5.74, 6) is -0.777. The Balaban J connectivity index is 1.64. The number of nitrogens with one attached hydrogen (secondary N) is 1. The van der Waals surface area contributed by atoms with E-state index < -0.39 is 18.0 Å². The number of piperazine rings is 1. The second-order valence-electron chi connectivity index (χ2n) is 9.39. The lowest BCUT2D eigenvalue weighted by atomic mass is 9.97. The molecule has 2 aliphatic rings. The van der Waals surface area contributed by atoms with Crippen LogP contribution in [0.1, 0.15) is 50.0 Å². The van der Waals surface area contributed by atoms with Crippen molar-refractivity contribution < 1.29 is 27.9 Å². The Morgan fingerprint density at radius 3 is 2.45 bits per heavy atom. The minimum absolute atomic E-state index is 0.0302. The number of aromatic nitrogens is 2. The fraction of sp³-hybridized carbons (Fsp3) is 0.667. The third-order valence-electron chi connectivity index (χ3n) is 6.99. The topological polar surface area (TPSA) is 128 Å². The molecule has 2 aliphatic heterocycles. The van der Waals surface area contributed by atoms with Crippen LogP contribution in [-0.2, 0) is 4.79 Å². The highest BCUT2D eigenvalue weighted by Gasteiger charge is 2.36. The molecule has 0 spiro atoms. The zero-order chi connectivity index (χ0) is 28.0. The molecular formula is C24H35ClF3N7O3. The molecule has 3 rings (SSSR count). The Hall–Kier alpha value is -2.64. The van der Waals surface area contributed by atoms with Gasteiger partial charge < -0.3 is 26.0 Å². The highest BCUT2D eigenvalue weighted by atomic mass is 35.5. The summed E-state index contributed by atoms with van der Waals surface area (Å²) >= 11 is 6.39. The maximum absolute atomic E-state index is 12.8. The van der Waals surface area contributed by atoms with E-state index >= 15 is 0 Å². The standard InChI is InChI=1S/C24H35ClF3N7O3/c1-3-15(13-24(26,27)28)23(38)33-8-5-17(6-9-33)35-11-10-34(14-16(35)4-2)21-19(25)31-18(20(29)32-21)22(37)30-7-12-36/h13,16-17,36H,3-12,14H2,1-2H3,(H2,29,32)(H,30,37)/b15-13-. The molecule has 0 radical (unpaired) electrons. The molecule has 1 aromatic rings. The van der Waals surface area contributed by atoms with Gasteiger partial charge in [-0.2, -0.15) is 13.2 Å². The van der Waals surface area contributed by atoms with Gasteiger partial charge in [0.15, 0.2) is 22.5 Å². The van der Waals surface area contributed by atoms with Crippen molar-refractivity contribution in [2.24, 2.45) is 0 Å². The number of nitrogens with zero attached hydrogens (tertiary/aromatic N) is 5. The molecule has 212 valence electrons. The second-order valence-corrected chi connectivity index (χ2v) is 9.74. The first kappa shape index (κ1) is 29.9. The number of aliphatic hydroxyl groups is 1. The van der Waals surface area contributed by atoms with Gasteiger partial charge in [0.05, 0.1) is 6.61 Å². The zero-order valence-corrected chi connectivity index (χ0v) is 22.4. The van der Waals surface area contributed by atoms with Gasteiger partial charge in [0.25, 0.3) is 5.91 Å². The summed E-state index contributed by atoms with van der Waals surface area (Å²) in [4.78, 5) is 39.2. The maximum Gasteiger partial charge on any atom is 0.410 e. The molecule has 1 atom stereocenters. The minimum atomic E-state index is -4.52. The lowest BCUT2D eigenvalue weighted by Gasteiger charge is -2.47. The van der Waals surface area contributed by atoms with Gasteiger partial charge in [-0.1, -0.05) is 25.4 Å². The highest BCUT2D eigenvalue weighted by Crippen LogP contribution is 2.30. The molecule has 3 heterocycles. The Kier molecular flexibility index (Phi) is 10.2. The van der Waals surface area contributed by atoms with E-state index in [0.717, 1.165) is 6.42 Å². The second kappa shape index (κ2) is 12.9. The molecule has 2 amide bonds. The summed E-state index contributed by atoms with van der Waals surface area (Å²) < 4.78 is 38.4. The number of amides is 2. The third kappa shape index (κ3) is 7.26. The highest BCUT2D eigenvalue weighted by molar-refractivity contribution is 6.32. The molecule has 0 saturated carbocycles. The molecule has 1 unspecified atom stereocenters. The first-order valence-electron chi connectivity index (χ1n) is 12.8. The minimum Gasteiger partial charge on any atom is -0.395 e.